The number of fused-ring (bicyclic) bond motifs is 1. The Kier molecular flexibility index (Phi) is 6.54. The Balaban J connectivity index is 1.30. The standard InChI is InChI=1S/C28H31N3O4/c1-2-21-15-20(22-6-3-4-7-24(22)29-21)14-18-8-10-19(11-9-18)26(32)30-25-17-28(12-5-13-35-28)16-23(25)27(33)31-34/h3-4,6-11,15,23,25,34H,2,5,12-14,16-17H2,1H3,(H,30,32)(H,31,33)/t23-,25+,28+/m0/s1. The molecule has 7 nitrogen and oxygen atoms in total. The minimum Gasteiger partial charge on any atom is -0.375 e. The molecule has 1 aliphatic carbocycles. The van der Waals surface area contributed by atoms with E-state index in [4.69, 9.17) is 9.72 Å². The Morgan fingerprint density at radius 1 is 1.14 bits per heavy atom. The van der Waals surface area contributed by atoms with Crippen LogP contribution in [0.4, 0.5) is 0 Å². The van der Waals surface area contributed by atoms with Gasteiger partial charge in [-0.3, -0.25) is 19.8 Å². The monoisotopic (exact) mass is 473 g/mol. The molecule has 1 spiro atoms. The molecule has 35 heavy (non-hydrogen) atoms. The molecule has 2 aliphatic rings. The number of ether oxygens (including phenoxy) is 1. The number of amides is 2. The Morgan fingerprint density at radius 2 is 1.94 bits per heavy atom. The molecule has 2 amide bonds. The summed E-state index contributed by atoms with van der Waals surface area (Å²) in [7, 11) is 0. The highest BCUT2D eigenvalue weighted by Gasteiger charge is 2.51. The molecule has 0 bridgehead atoms. The van der Waals surface area contributed by atoms with Gasteiger partial charge in [0, 0.05) is 29.3 Å². The normalized spacial score (nSPS) is 23.6. The fourth-order valence-electron chi connectivity index (χ4n) is 5.64. The zero-order valence-electron chi connectivity index (χ0n) is 19.9. The molecule has 0 radical (unpaired) electrons. The van der Waals surface area contributed by atoms with E-state index in [1.807, 2.05) is 42.5 Å². The van der Waals surface area contributed by atoms with Gasteiger partial charge in [0.1, 0.15) is 0 Å². The van der Waals surface area contributed by atoms with Crippen molar-refractivity contribution in [1.29, 1.82) is 0 Å². The van der Waals surface area contributed by atoms with E-state index in [0.29, 0.717) is 25.0 Å². The molecular weight excluding hydrogens is 442 g/mol. The number of aromatic nitrogens is 1. The maximum Gasteiger partial charge on any atom is 0.251 e. The van der Waals surface area contributed by atoms with Crippen LogP contribution in [0.25, 0.3) is 10.9 Å². The largest absolute Gasteiger partial charge is 0.375 e. The van der Waals surface area contributed by atoms with Crippen LogP contribution in [0.1, 0.15) is 59.8 Å². The molecule has 1 saturated heterocycles. The number of rotatable bonds is 6. The van der Waals surface area contributed by atoms with Crippen molar-refractivity contribution in [1.82, 2.24) is 15.8 Å². The van der Waals surface area contributed by atoms with E-state index in [2.05, 4.69) is 24.4 Å². The molecule has 2 heterocycles. The molecule has 2 fully saturated rings. The first-order chi connectivity index (χ1) is 17.0. The Bertz CT molecular complexity index is 1230. The van der Waals surface area contributed by atoms with E-state index in [1.54, 1.807) is 5.48 Å². The van der Waals surface area contributed by atoms with Crippen molar-refractivity contribution in [2.45, 2.75) is 57.1 Å². The number of para-hydroxylation sites is 1. The first-order valence-electron chi connectivity index (χ1n) is 12.4. The van der Waals surface area contributed by atoms with Crippen molar-refractivity contribution in [3.8, 4) is 0 Å². The summed E-state index contributed by atoms with van der Waals surface area (Å²) in [6.45, 7) is 2.77. The molecule has 1 saturated carbocycles. The van der Waals surface area contributed by atoms with Gasteiger partial charge in [0.2, 0.25) is 5.91 Å². The van der Waals surface area contributed by atoms with Crippen LogP contribution in [0.2, 0.25) is 0 Å². The topological polar surface area (TPSA) is 101 Å². The van der Waals surface area contributed by atoms with Gasteiger partial charge < -0.3 is 10.1 Å². The van der Waals surface area contributed by atoms with Crippen LogP contribution >= 0.6 is 0 Å². The summed E-state index contributed by atoms with van der Waals surface area (Å²) in [5.74, 6) is -1.22. The van der Waals surface area contributed by atoms with Crippen LogP contribution in [0.15, 0.2) is 54.6 Å². The van der Waals surface area contributed by atoms with E-state index in [0.717, 1.165) is 47.8 Å². The number of benzene rings is 2. The number of hydrogen-bond donors (Lipinski definition) is 3. The van der Waals surface area contributed by atoms with Crippen LogP contribution in [0.5, 0.6) is 0 Å². The van der Waals surface area contributed by atoms with Crippen LogP contribution < -0.4 is 10.8 Å². The Morgan fingerprint density at radius 3 is 2.66 bits per heavy atom. The predicted octanol–water partition coefficient (Wildman–Crippen LogP) is 3.95. The molecule has 5 rings (SSSR count). The van der Waals surface area contributed by atoms with Gasteiger partial charge in [0.15, 0.2) is 0 Å². The first-order valence-corrected chi connectivity index (χ1v) is 12.4. The van der Waals surface area contributed by atoms with Gasteiger partial charge in [0.05, 0.1) is 17.0 Å². The number of carbonyl (C=O) groups excluding carboxylic acids is 2. The second-order valence-corrected chi connectivity index (χ2v) is 9.72. The van der Waals surface area contributed by atoms with E-state index in [1.165, 1.54) is 5.56 Å². The molecule has 3 aromatic rings. The molecule has 3 N–H and O–H groups in total. The summed E-state index contributed by atoms with van der Waals surface area (Å²) in [5.41, 5.74) is 6.31. The highest BCUT2D eigenvalue weighted by atomic mass is 16.5. The fraction of sp³-hybridized carbons (Fsp3) is 0.393. The van der Waals surface area contributed by atoms with Gasteiger partial charge in [-0.2, -0.15) is 0 Å². The maximum absolute atomic E-state index is 13.0. The lowest BCUT2D eigenvalue weighted by atomic mass is 9.96. The molecule has 1 aliphatic heterocycles. The smallest absolute Gasteiger partial charge is 0.251 e. The molecule has 1 aromatic heterocycles. The molecular formula is C28H31N3O4. The van der Waals surface area contributed by atoms with Crippen molar-refractivity contribution in [3.05, 3.63) is 77.0 Å². The van der Waals surface area contributed by atoms with E-state index in [9.17, 15) is 14.8 Å². The molecule has 182 valence electrons. The predicted molar refractivity (Wildman–Crippen MR) is 132 cm³/mol. The summed E-state index contributed by atoms with van der Waals surface area (Å²) in [4.78, 5) is 30.0. The van der Waals surface area contributed by atoms with Crippen LogP contribution in [-0.4, -0.2) is 40.3 Å². The molecule has 2 aromatic carbocycles. The average molecular weight is 474 g/mol. The fourth-order valence-corrected chi connectivity index (χ4v) is 5.64. The molecule has 7 heteroatoms. The van der Waals surface area contributed by atoms with Crippen LogP contribution in [0, 0.1) is 5.92 Å². The quantitative estimate of drug-likeness (QED) is 0.372. The summed E-state index contributed by atoms with van der Waals surface area (Å²) in [5, 5.41) is 13.4. The zero-order valence-corrected chi connectivity index (χ0v) is 19.9. The number of nitrogens with zero attached hydrogens (tertiary/aromatic N) is 1. The Hall–Kier alpha value is -3.29. The maximum atomic E-state index is 13.0. The van der Waals surface area contributed by atoms with Gasteiger partial charge in [0.25, 0.3) is 5.91 Å². The van der Waals surface area contributed by atoms with Crippen molar-refractivity contribution in [3.63, 3.8) is 0 Å². The number of nitrogens with one attached hydrogen (secondary N) is 2. The third kappa shape index (κ3) is 4.79. The lowest BCUT2D eigenvalue weighted by Gasteiger charge is -2.22. The third-order valence-electron chi connectivity index (χ3n) is 7.45. The number of hydrogen-bond acceptors (Lipinski definition) is 5. The summed E-state index contributed by atoms with van der Waals surface area (Å²) < 4.78 is 5.95. The van der Waals surface area contributed by atoms with Gasteiger partial charge in [-0.05, 0) is 73.9 Å². The van der Waals surface area contributed by atoms with Gasteiger partial charge in [-0.15, -0.1) is 0 Å². The van der Waals surface area contributed by atoms with E-state index >= 15 is 0 Å². The highest BCUT2D eigenvalue weighted by molar-refractivity contribution is 5.95. The minimum absolute atomic E-state index is 0.227. The number of carbonyl (C=O) groups is 2. The van der Waals surface area contributed by atoms with Gasteiger partial charge in [-0.1, -0.05) is 37.3 Å². The zero-order chi connectivity index (χ0) is 24.4. The SMILES string of the molecule is CCc1cc(Cc2ccc(C(=O)N[C@@H]3C[C@@]4(CCCO4)C[C@@H]3C(=O)NO)cc2)c2ccccc2n1. The number of pyridine rings is 1. The minimum atomic E-state index is -0.519. The summed E-state index contributed by atoms with van der Waals surface area (Å²) in [6.07, 6.45) is 4.51. The summed E-state index contributed by atoms with van der Waals surface area (Å²) in [6, 6.07) is 17.6. The lowest BCUT2D eigenvalue weighted by molar-refractivity contribution is -0.134. The number of hydroxylamine groups is 1. The average Bonchev–Trinajstić information content (AvgIpc) is 3.49. The van der Waals surface area contributed by atoms with E-state index in [-0.39, 0.29) is 17.6 Å². The Labute approximate surface area is 204 Å². The summed E-state index contributed by atoms with van der Waals surface area (Å²) >= 11 is 0. The van der Waals surface area contributed by atoms with Gasteiger partial charge >= 0.3 is 0 Å². The molecule has 3 atom stereocenters. The van der Waals surface area contributed by atoms with Crippen LogP contribution in [-0.2, 0) is 22.4 Å². The van der Waals surface area contributed by atoms with Crippen LogP contribution in [0.3, 0.4) is 0 Å². The van der Waals surface area contributed by atoms with Crippen molar-refractivity contribution in [2.24, 2.45) is 5.92 Å². The second kappa shape index (κ2) is 9.76. The van der Waals surface area contributed by atoms with Gasteiger partial charge in [-0.25, -0.2) is 5.48 Å². The number of aryl methyl sites for hydroxylation is 1. The van der Waals surface area contributed by atoms with Crippen molar-refractivity contribution in [2.75, 3.05) is 6.61 Å². The van der Waals surface area contributed by atoms with E-state index < -0.39 is 11.8 Å². The first kappa shape index (κ1) is 23.5. The van der Waals surface area contributed by atoms with Crippen molar-refractivity contribution >= 4 is 22.7 Å². The highest BCUT2D eigenvalue weighted by Crippen LogP contribution is 2.44. The second-order valence-electron chi connectivity index (χ2n) is 9.72. The lowest BCUT2D eigenvalue weighted by Crippen LogP contribution is -2.43. The third-order valence-corrected chi connectivity index (χ3v) is 7.45. The molecule has 0 unspecified atom stereocenters. The van der Waals surface area contributed by atoms with Crippen molar-refractivity contribution < 1.29 is 19.5 Å².